The first-order chi connectivity index (χ1) is 10.7. The Bertz CT molecular complexity index is 731. The van der Waals surface area contributed by atoms with Crippen molar-refractivity contribution < 1.29 is 13.2 Å². The monoisotopic (exact) mass is 325 g/mol. The van der Waals surface area contributed by atoms with Gasteiger partial charge in [-0.15, -0.1) is 0 Å². The maximum atomic E-state index is 13.3. The molecule has 0 aliphatic carbocycles. The second-order valence-corrected chi connectivity index (χ2v) is 5.14. The first kappa shape index (κ1) is 16.9. The summed E-state index contributed by atoms with van der Waals surface area (Å²) in [4.78, 5) is 3.66. The Hall–Kier alpha value is -2.51. The summed E-state index contributed by atoms with van der Waals surface area (Å²) in [6.07, 6.45) is -4.47. The van der Waals surface area contributed by atoms with Gasteiger partial charge >= 0.3 is 6.18 Å². The molecule has 0 spiro atoms. The predicted octanol–water partition coefficient (Wildman–Crippen LogP) is 2.54. The molecule has 1 aromatic carbocycles. The molecule has 124 valence electrons. The van der Waals surface area contributed by atoms with E-state index in [0.29, 0.717) is 5.69 Å². The number of alkyl halides is 3. The number of hydrogen-bond donors (Lipinski definition) is 2. The SMILES string of the molecule is CN=C(N)NCc1ccc(-n2nc(C)cc2C)cc1C(F)(F)F. The fraction of sp³-hybridized carbons (Fsp3) is 0.333. The van der Waals surface area contributed by atoms with E-state index in [-0.39, 0.29) is 18.1 Å². The van der Waals surface area contributed by atoms with Crippen molar-refractivity contribution in [3.63, 3.8) is 0 Å². The number of aromatic nitrogens is 2. The molecule has 8 heteroatoms. The van der Waals surface area contributed by atoms with Crippen molar-refractivity contribution in [3.8, 4) is 5.69 Å². The van der Waals surface area contributed by atoms with Crippen LogP contribution < -0.4 is 11.1 Å². The van der Waals surface area contributed by atoms with E-state index in [1.54, 1.807) is 26.0 Å². The minimum Gasteiger partial charge on any atom is -0.370 e. The van der Waals surface area contributed by atoms with Crippen LogP contribution in [-0.4, -0.2) is 22.8 Å². The van der Waals surface area contributed by atoms with Crippen molar-refractivity contribution in [1.82, 2.24) is 15.1 Å². The highest BCUT2D eigenvalue weighted by atomic mass is 19.4. The Kier molecular flexibility index (Phi) is 4.63. The molecule has 0 unspecified atom stereocenters. The van der Waals surface area contributed by atoms with E-state index >= 15 is 0 Å². The van der Waals surface area contributed by atoms with Crippen molar-refractivity contribution in [2.75, 3.05) is 7.05 Å². The molecule has 0 saturated heterocycles. The standard InChI is InChI=1S/C15H18F3N5/c1-9-6-10(2)23(22-9)12-5-4-11(8-21-14(19)20-3)13(7-12)15(16,17)18/h4-7H,8H2,1-3H3,(H3,19,20,21). The Labute approximate surface area is 132 Å². The smallest absolute Gasteiger partial charge is 0.370 e. The summed E-state index contributed by atoms with van der Waals surface area (Å²) >= 11 is 0. The number of guanidine groups is 1. The van der Waals surface area contributed by atoms with Gasteiger partial charge in [0, 0.05) is 19.3 Å². The highest BCUT2D eigenvalue weighted by molar-refractivity contribution is 5.77. The van der Waals surface area contributed by atoms with E-state index in [0.717, 1.165) is 17.5 Å². The molecule has 0 bridgehead atoms. The van der Waals surface area contributed by atoms with Gasteiger partial charge in [0.2, 0.25) is 0 Å². The lowest BCUT2D eigenvalue weighted by atomic mass is 10.1. The summed E-state index contributed by atoms with van der Waals surface area (Å²) in [5.41, 5.74) is 6.71. The quantitative estimate of drug-likeness (QED) is 0.673. The molecule has 0 radical (unpaired) electrons. The average molecular weight is 325 g/mol. The minimum atomic E-state index is -4.47. The lowest BCUT2D eigenvalue weighted by Crippen LogP contribution is -2.31. The van der Waals surface area contributed by atoms with E-state index in [1.807, 2.05) is 0 Å². The first-order valence-corrected chi connectivity index (χ1v) is 6.92. The van der Waals surface area contributed by atoms with Crippen LogP contribution in [0.25, 0.3) is 5.69 Å². The predicted molar refractivity (Wildman–Crippen MR) is 82.4 cm³/mol. The molecule has 23 heavy (non-hydrogen) atoms. The first-order valence-electron chi connectivity index (χ1n) is 6.92. The molecule has 2 rings (SSSR count). The molecule has 2 aromatic rings. The van der Waals surface area contributed by atoms with Crippen molar-refractivity contribution in [3.05, 3.63) is 46.8 Å². The van der Waals surface area contributed by atoms with Gasteiger partial charge in [-0.05, 0) is 37.6 Å². The highest BCUT2D eigenvalue weighted by Gasteiger charge is 2.33. The summed E-state index contributed by atoms with van der Waals surface area (Å²) in [5.74, 6) is 0.0840. The minimum absolute atomic E-state index is 0.0601. The Morgan fingerprint density at radius 1 is 1.30 bits per heavy atom. The lowest BCUT2D eigenvalue weighted by molar-refractivity contribution is -0.138. The fourth-order valence-electron chi connectivity index (χ4n) is 2.27. The molecular formula is C15H18F3N5. The van der Waals surface area contributed by atoms with Crippen LogP contribution in [0.3, 0.4) is 0 Å². The van der Waals surface area contributed by atoms with E-state index < -0.39 is 11.7 Å². The van der Waals surface area contributed by atoms with Gasteiger partial charge in [-0.25, -0.2) is 4.68 Å². The molecule has 0 amide bonds. The van der Waals surface area contributed by atoms with E-state index in [4.69, 9.17) is 5.73 Å². The van der Waals surface area contributed by atoms with Crippen LogP contribution in [-0.2, 0) is 12.7 Å². The maximum absolute atomic E-state index is 13.3. The van der Waals surface area contributed by atoms with Gasteiger partial charge < -0.3 is 11.1 Å². The third-order valence-corrected chi connectivity index (χ3v) is 3.35. The van der Waals surface area contributed by atoms with Crippen LogP contribution in [0.15, 0.2) is 29.3 Å². The zero-order valence-corrected chi connectivity index (χ0v) is 13.1. The van der Waals surface area contributed by atoms with Gasteiger partial charge in [-0.2, -0.15) is 18.3 Å². The third kappa shape index (κ3) is 3.82. The number of rotatable bonds is 3. The van der Waals surface area contributed by atoms with Crippen LogP contribution in [0.2, 0.25) is 0 Å². The summed E-state index contributed by atoms with van der Waals surface area (Å²) in [5, 5.41) is 6.86. The number of aryl methyl sites for hydroxylation is 2. The maximum Gasteiger partial charge on any atom is 0.416 e. The zero-order valence-electron chi connectivity index (χ0n) is 13.1. The number of halogens is 3. The lowest BCUT2D eigenvalue weighted by Gasteiger charge is -2.16. The third-order valence-electron chi connectivity index (χ3n) is 3.35. The van der Waals surface area contributed by atoms with Crippen LogP contribution in [0.5, 0.6) is 0 Å². The summed E-state index contributed by atoms with van der Waals surface area (Å²) in [6, 6.07) is 5.92. The Balaban J connectivity index is 2.44. The van der Waals surface area contributed by atoms with Gasteiger partial charge in [0.1, 0.15) is 0 Å². The topological polar surface area (TPSA) is 68.2 Å². The number of aliphatic imine (C=N–C) groups is 1. The number of hydrogen-bond acceptors (Lipinski definition) is 2. The largest absolute Gasteiger partial charge is 0.416 e. The number of nitrogens with one attached hydrogen (secondary N) is 1. The van der Waals surface area contributed by atoms with Gasteiger partial charge in [0.25, 0.3) is 0 Å². The Morgan fingerprint density at radius 3 is 2.52 bits per heavy atom. The summed E-state index contributed by atoms with van der Waals surface area (Å²) in [7, 11) is 1.46. The average Bonchev–Trinajstić information content (AvgIpc) is 2.82. The molecule has 0 aliphatic rings. The van der Waals surface area contributed by atoms with Crippen molar-refractivity contribution in [2.24, 2.45) is 10.7 Å². The molecule has 0 atom stereocenters. The van der Waals surface area contributed by atoms with Crippen molar-refractivity contribution in [1.29, 1.82) is 0 Å². The molecule has 5 nitrogen and oxygen atoms in total. The van der Waals surface area contributed by atoms with E-state index in [1.165, 1.54) is 17.8 Å². The van der Waals surface area contributed by atoms with Gasteiger partial charge in [-0.3, -0.25) is 4.99 Å². The normalized spacial score (nSPS) is 12.5. The molecule has 0 aliphatic heterocycles. The summed E-state index contributed by atoms with van der Waals surface area (Å²) in [6.45, 7) is 3.52. The second-order valence-electron chi connectivity index (χ2n) is 5.14. The zero-order chi connectivity index (χ0) is 17.2. The Morgan fingerprint density at radius 2 is 2.00 bits per heavy atom. The van der Waals surface area contributed by atoms with Crippen molar-refractivity contribution in [2.45, 2.75) is 26.6 Å². The number of nitrogens with zero attached hydrogens (tertiary/aromatic N) is 3. The molecule has 0 saturated carbocycles. The number of benzene rings is 1. The fourth-order valence-corrected chi connectivity index (χ4v) is 2.27. The molecular weight excluding hydrogens is 307 g/mol. The van der Waals surface area contributed by atoms with Gasteiger partial charge in [0.15, 0.2) is 5.96 Å². The van der Waals surface area contributed by atoms with Crippen LogP contribution >= 0.6 is 0 Å². The van der Waals surface area contributed by atoms with Gasteiger partial charge in [-0.1, -0.05) is 6.07 Å². The molecule has 3 N–H and O–H groups in total. The van der Waals surface area contributed by atoms with Crippen LogP contribution in [0.4, 0.5) is 13.2 Å². The number of nitrogens with two attached hydrogens (primary N) is 1. The molecule has 1 aromatic heterocycles. The van der Waals surface area contributed by atoms with E-state index in [2.05, 4.69) is 15.4 Å². The molecule has 1 heterocycles. The van der Waals surface area contributed by atoms with E-state index in [9.17, 15) is 13.2 Å². The van der Waals surface area contributed by atoms with Gasteiger partial charge in [0.05, 0.1) is 16.9 Å². The summed E-state index contributed by atoms with van der Waals surface area (Å²) < 4.78 is 41.5. The van der Waals surface area contributed by atoms with Crippen LogP contribution in [0.1, 0.15) is 22.5 Å². The van der Waals surface area contributed by atoms with Crippen LogP contribution in [0, 0.1) is 13.8 Å². The highest BCUT2D eigenvalue weighted by Crippen LogP contribution is 2.33. The van der Waals surface area contributed by atoms with Crippen molar-refractivity contribution >= 4 is 5.96 Å². The molecule has 0 fully saturated rings. The second kappa shape index (κ2) is 6.31.